The normalized spacial score (nSPS) is 12.1. The molecule has 0 heterocycles. The third-order valence-corrected chi connectivity index (χ3v) is 2.35. The molecule has 18 heavy (non-hydrogen) atoms. The van der Waals surface area contributed by atoms with Gasteiger partial charge in [0.25, 0.3) is 5.91 Å². The number of methoxy groups -OCH3 is 1. The Morgan fingerprint density at radius 3 is 2.78 bits per heavy atom. The van der Waals surface area contributed by atoms with Gasteiger partial charge in [-0.3, -0.25) is 4.79 Å². The number of benzene rings is 1. The Morgan fingerprint density at radius 1 is 1.44 bits per heavy atom. The fourth-order valence-corrected chi connectivity index (χ4v) is 1.44. The highest BCUT2D eigenvalue weighted by Gasteiger charge is 2.11. The number of aromatic hydroxyl groups is 2. The lowest BCUT2D eigenvalue weighted by Gasteiger charge is -2.10. The summed E-state index contributed by atoms with van der Waals surface area (Å²) in [4.78, 5) is 11.7. The first-order valence-electron chi connectivity index (χ1n) is 5.51. The van der Waals surface area contributed by atoms with Gasteiger partial charge in [0, 0.05) is 19.7 Å². The second kappa shape index (κ2) is 6.83. The fourth-order valence-electron chi connectivity index (χ4n) is 1.44. The van der Waals surface area contributed by atoms with Gasteiger partial charge in [-0.1, -0.05) is 0 Å². The van der Waals surface area contributed by atoms with E-state index in [0.717, 1.165) is 6.07 Å². The van der Waals surface area contributed by atoms with Crippen LogP contribution < -0.4 is 5.32 Å². The molecule has 4 N–H and O–H groups in total. The van der Waals surface area contributed by atoms with Crippen LogP contribution in [0.4, 0.5) is 0 Å². The van der Waals surface area contributed by atoms with Crippen LogP contribution >= 0.6 is 0 Å². The van der Waals surface area contributed by atoms with Crippen LogP contribution in [0.15, 0.2) is 18.2 Å². The highest BCUT2D eigenvalue weighted by Crippen LogP contribution is 2.22. The van der Waals surface area contributed by atoms with Gasteiger partial charge in [0.15, 0.2) is 0 Å². The molecule has 0 saturated heterocycles. The van der Waals surface area contributed by atoms with E-state index in [1.807, 2.05) is 0 Å². The van der Waals surface area contributed by atoms with Crippen LogP contribution in [0, 0.1) is 0 Å². The van der Waals surface area contributed by atoms with Crippen molar-refractivity contribution in [2.75, 3.05) is 20.3 Å². The Kier molecular flexibility index (Phi) is 5.41. The van der Waals surface area contributed by atoms with Crippen LogP contribution in [0.2, 0.25) is 0 Å². The summed E-state index contributed by atoms with van der Waals surface area (Å²) < 4.78 is 4.75. The van der Waals surface area contributed by atoms with Gasteiger partial charge in [-0.2, -0.15) is 0 Å². The molecule has 1 unspecified atom stereocenters. The molecule has 0 aliphatic heterocycles. The highest BCUT2D eigenvalue weighted by atomic mass is 16.5. The van der Waals surface area contributed by atoms with E-state index in [2.05, 4.69) is 5.32 Å². The molecule has 0 saturated carbocycles. The maximum Gasteiger partial charge on any atom is 0.255 e. The Morgan fingerprint density at radius 2 is 2.17 bits per heavy atom. The lowest BCUT2D eigenvalue weighted by Crippen LogP contribution is -2.28. The molecule has 1 aromatic rings. The van der Waals surface area contributed by atoms with E-state index >= 15 is 0 Å². The van der Waals surface area contributed by atoms with Crippen molar-refractivity contribution >= 4 is 5.91 Å². The molecule has 1 amide bonds. The summed E-state index contributed by atoms with van der Waals surface area (Å²) in [5, 5.41) is 30.5. The summed E-state index contributed by atoms with van der Waals surface area (Å²) in [6.07, 6.45) is -0.276. The Hall–Kier alpha value is -1.79. The number of hydrogen-bond acceptors (Lipinski definition) is 5. The molecule has 6 nitrogen and oxygen atoms in total. The lowest BCUT2D eigenvalue weighted by atomic mass is 10.1. The number of aliphatic hydroxyl groups excluding tert-OH is 1. The third-order valence-electron chi connectivity index (χ3n) is 2.35. The molecule has 0 aromatic heterocycles. The molecule has 0 fully saturated rings. The van der Waals surface area contributed by atoms with E-state index in [1.54, 1.807) is 0 Å². The summed E-state index contributed by atoms with van der Waals surface area (Å²) in [5.41, 5.74) is 0.0778. The quantitative estimate of drug-likeness (QED) is 0.583. The van der Waals surface area contributed by atoms with Crippen LogP contribution in [0.25, 0.3) is 0 Å². The second-order valence-corrected chi connectivity index (χ2v) is 3.86. The smallest absolute Gasteiger partial charge is 0.255 e. The first kappa shape index (κ1) is 14.3. The maximum absolute atomic E-state index is 11.7. The number of amides is 1. The molecular formula is C12H17NO5. The molecule has 0 spiro atoms. The van der Waals surface area contributed by atoms with Gasteiger partial charge in [0.1, 0.15) is 11.5 Å². The Balaban J connectivity index is 2.45. The van der Waals surface area contributed by atoms with Gasteiger partial charge in [0.05, 0.1) is 18.3 Å². The number of rotatable bonds is 6. The van der Waals surface area contributed by atoms with Gasteiger partial charge < -0.3 is 25.4 Å². The fraction of sp³-hybridized carbons (Fsp3) is 0.417. The van der Waals surface area contributed by atoms with Crippen molar-refractivity contribution in [1.82, 2.24) is 5.32 Å². The van der Waals surface area contributed by atoms with Crippen molar-refractivity contribution in [3.63, 3.8) is 0 Å². The van der Waals surface area contributed by atoms with E-state index in [1.165, 1.54) is 19.2 Å². The van der Waals surface area contributed by atoms with E-state index in [-0.39, 0.29) is 30.2 Å². The molecule has 0 aliphatic carbocycles. The van der Waals surface area contributed by atoms with Gasteiger partial charge in [-0.25, -0.2) is 0 Å². The van der Waals surface area contributed by atoms with Crippen LogP contribution in [-0.4, -0.2) is 47.6 Å². The van der Waals surface area contributed by atoms with Gasteiger partial charge in [-0.05, 0) is 18.6 Å². The topological polar surface area (TPSA) is 99.0 Å². The van der Waals surface area contributed by atoms with Crippen molar-refractivity contribution in [2.45, 2.75) is 12.5 Å². The predicted molar refractivity (Wildman–Crippen MR) is 64.6 cm³/mol. The van der Waals surface area contributed by atoms with Crippen molar-refractivity contribution in [1.29, 1.82) is 0 Å². The number of phenols is 2. The monoisotopic (exact) mass is 255 g/mol. The number of hydrogen-bond donors (Lipinski definition) is 4. The van der Waals surface area contributed by atoms with Crippen LogP contribution in [0.3, 0.4) is 0 Å². The van der Waals surface area contributed by atoms with Crippen LogP contribution in [-0.2, 0) is 4.74 Å². The molecule has 0 radical (unpaired) electrons. The number of nitrogens with one attached hydrogen (secondary N) is 1. The van der Waals surface area contributed by atoms with Gasteiger partial charge in [-0.15, -0.1) is 0 Å². The SMILES string of the molecule is COCC(O)CCNC(=O)c1ccc(O)cc1O. The Bertz CT molecular complexity index is 407. The second-order valence-electron chi connectivity index (χ2n) is 3.86. The molecular weight excluding hydrogens is 238 g/mol. The molecule has 0 bridgehead atoms. The lowest BCUT2D eigenvalue weighted by molar-refractivity contribution is 0.0587. The molecule has 1 rings (SSSR count). The summed E-state index contributed by atoms with van der Waals surface area (Å²) in [7, 11) is 1.48. The van der Waals surface area contributed by atoms with Crippen LogP contribution in [0.5, 0.6) is 11.5 Å². The average Bonchev–Trinajstić information content (AvgIpc) is 2.29. The van der Waals surface area contributed by atoms with E-state index in [0.29, 0.717) is 6.42 Å². The number of carbonyl (C=O) groups excluding carboxylic acids is 1. The summed E-state index contributed by atoms with van der Waals surface area (Å²) in [6, 6.07) is 3.73. The summed E-state index contributed by atoms with van der Waals surface area (Å²) in [5.74, 6) is -0.860. The zero-order valence-electron chi connectivity index (χ0n) is 10.1. The van der Waals surface area contributed by atoms with E-state index < -0.39 is 12.0 Å². The van der Waals surface area contributed by atoms with Gasteiger partial charge >= 0.3 is 0 Å². The highest BCUT2D eigenvalue weighted by molar-refractivity contribution is 5.96. The Labute approximate surface area is 105 Å². The molecule has 1 aromatic carbocycles. The summed E-state index contributed by atoms with van der Waals surface area (Å²) >= 11 is 0. The maximum atomic E-state index is 11.7. The van der Waals surface area contributed by atoms with Crippen molar-refractivity contribution in [2.24, 2.45) is 0 Å². The average molecular weight is 255 g/mol. The number of phenolic OH excluding ortho intramolecular Hbond substituents is 2. The number of carbonyl (C=O) groups is 1. The van der Waals surface area contributed by atoms with Crippen molar-refractivity contribution < 1.29 is 24.9 Å². The zero-order valence-corrected chi connectivity index (χ0v) is 10.1. The van der Waals surface area contributed by atoms with Crippen LogP contribution in [0.1, 0.15) is 16.8 Å². The standard InChI is InChI=1S/C12H17NO5/c1-18-7-9(15)4-5-13-12(17)10-3-2-8(14)6-11(10)16/h2-3,6,9,14-16H,4-5,7H2,1H3,(H,13,17). The summed E-state index contributed by atoms with van der Waals surface area (Å²) in [6.45, 7) is 0.476. The first-order chi connectivity index (χ1) is 8.54. The van der Waals surface area contributed by atoms with E-state index in [4.69, 9.17) is 9.84 Å². The number of ether oxygens (including phenoxy) is 1. The first-order valence-corrected chi connectivity index (χ1v) is 5.51. The largest absolute Gasteiger partial charge is 0.508 e. The molecule has 6 heteroatoms. The zero-order chi connectivity index (χ0) is 13.5. The minimum absolute atomic E-state index is 0.0778. The molecule has 0 aliphatic rings. The van der Waals surface area contributed by atoms with Crippen molar-refractivity contribution in [3.8, 4) is 11.5 Å². The molecule has 1 atom stereocenters. The van der Waals surface area contributed by atoms with Gasteiger partial charge in [0.2, 0.25) is 0 Å². The van der Waals surface area contributed by atoms with E-state index in [9.17, 15) is 15.0 Å². The third kappa shape index (κ3) is 4.23. The minimum atomic E-state index is -0.635. The minimum Gasteiger partial charge on any atom is -0.508 e. The molecule has 100 valence electrons. The number of aliphatic hydroxyl groups is 1. The van der Waals surface area contributed by atoms with Crippen molar-refractivity contribution in [3.05, 3.63) is 23.8 Å². The predicted octanol–water partition coefficient (Wildman–Crippen LogP) is 0.225.